The van der Waals surface area contributed by atoms with Crippen LogP contribution in [0.4, 0.5) is 4.79 Å². The summed E-state index contributed by atoms with van der Waals surface area (Å²) < 4.78 is 10.5. The van der Waals surface area contributed by atoms with Crippen LogP contribution in [-0.4, -0.2) is 51.3 Å². The Bertz CT molecular complexity index is 825. The summed E-state index contributed by atoms with van der Waals surface area (Å²) in [6.07, 6.45) is 9.63. The molecule has 176 valence electrons. The van der Waals surface area contributed by atoms with Gasteiger partial charge in [-0.25, -0.2) is 4.79 Å². The van der Waals surface area contributed by atoms with Gasteiger partial charge in [0.1, 0.15) is 5.75 Å². The number of hydrogen-bond acceptors (Lipinski definition) is 5. The van der Waals surface area contributed by atoms with E-state index in [2.05, 4.69) is 30.4 Å². The molecule has 1 fully saturated rings. The molecule has 0 unspecified atom stereocenters. The van der Waals surface area contributed by atoms with E-state index in [4.69, 9.17) is 9.47 Å². The predicted molar refractivity (Wildman–Crippen MR) is 127 cm³/mol. The zero-order valence-corrected chi connectivity index (χ0v) is 19.9. The van der Waals surface area contributed by atoms with Crippen LogP contribution in [0, 0.1) is 5.41 Å². The Kier molecular flexibility index (Phi) is 8.74. The second-order valence-corrected chi connectivity index (χ2v) is 9.61. The molecule has 32 heavy (non-hydrogen) atoms. The normalized spacial score (nSPS) is 18.4. The number of nitrogens with zero attached hydrogens (tertiary/aromatic N) is 1. The molecule has 0 saturated heterocycles. The number of methoxy groups -OCH3 is 1. The molecule has 0 bridgehead atoms. The van der Waals surface area contributed by atoms with Gasteiger partial charge in [-0.15, -0.1) is 0 Å². The summed E-state index contributed by atoms with van der Waals surface area (Å²) in [6.45, 7) is 1.39. The molecule has 0 spiro atoms. The predicted octanol–water partition coefficient (Wildman–Crippen LogP) is 5.18. The third-order valence-electron chi connectivity index (χ3n) is 6.75. The SMILES string of the molecule is COC(=O)CC1(CNC(=O)Oc2cccc(C3=C(CN(C)C)CCCC3)c2)CCCCC1. The van der Waals surface area contributed by atoms with Crippen molar-refractivity contribution in [1.29, 1.82) is 0 Å². The van der Waals surface area contributed by atoms with Gasteiger partial charge in [0.2, 0.25) is 0 Å². The number of nitrogens with one attached hydrogen (secondary N) is 1. The average Bonchev–Trinajstić information content (AvgIpc) is 2.78. The van der Waals surface area contributed by atoms with E-state index >= 15 is 0 Å². The van der Waals surface area contributed by atoms with Gasteiger partial charge in [-0.05, 0) is 81.3 Å². The minimum Gasteiger partial charge on any atom is -0.469 e. The number of allylic oxidation sites excluding steroid dienone is 1. The lowest BCUT2D eigenvalue weighted by atomic mass is 9.72. The molecule has 6 heteroatoms. The minimum absolute atomic E-state index is 0.218. The van der Waals surface area contributed by atoms with Crippen LogP contribution in [0.15, 0.2) is 29.8 Å². The molecule has 0 radical (unpaired) electrons. The van der Waals surface area contributed by atoms with Gasteiger partial charge < -0.3 is 19.7 Å². The summed E-state index contributed by atoms with van der Waals surface area (Å²) in [5.74, 6) is 0.331. The van der Waals surface area contributed by atoms with Crippen LogP contribution in [0.5, 0.6) is 5.75 Å². The number of esters is 1. The Morgan fingerprint density at radius 3 is 2.53 bits per heavy atom. The van der Waals surface area contributed by atoms with E-state index in [0.717, 1.165) is 50.6 Å². The maximum atomic E-state index is 12.6. The third kappa shape index (κ3) is 6.83. The zero-order chi connectivity index (χ0) is 23.0. The second-order valence-electron chi connectivity index (χ2n) is 9.61. The van der Waals surface area contributed by atoms with E-state index in [1.807, 2.05) is 18.2 Å². The van der Waals surface area contributed by atoms with Gasteiger partial charge in [-0.3, -0.25) is 4.79 Å². The van der Waals surface area contributed by atoms with E-state index < -0.39 is 6.09 Å². The first-order valence-corrected chi connectivity index (χ1v) is 11.9. The fourth-order valence-electron chi connectivity index (χ4n) is 5.12. The zero-order valence-electron chi connectivity index (χ0n) is 19.9. The molecule has 1 aromatic carbocycles. The fourth-order valence-corrected chi connectivity index (χ4v) is 5.12. The highest BCUT2D eigenvalue weighted by molar-refractivity contribution is 5.74. The monoisotopic (exact) mass is 442 g/mol. The van der Waals surface area contributed by atoms with Gasteiger partial charge in [0.25, 0.3) is 0 Å². The van der Waals surface area contributed by atoms with Crippen LogP contribution in [0.3, 0.4) is 0 Å². The van der Waals surface area contributed by atoms with Crippen LogP contribution in [-0.2, 0) is 9.53 Å². The van der Waals surface area contributed by atoms with Crippen LogP contribution in [0.2, 0.25) is 0 Å². The molecule has 0 aromatic heterocycles. The van der Waals surface area contributed by atoms with Crippen molar-refractivity contribution in [2.75, 3.05) is 34.3 Å². The van der Waals surface area contributed by atoms with E-state index in [1.165, 1.54) is 37.5 Å². The number of hydrogen-bond donors (Lipinski definition) is 1. The summed E-state index contributed by atoms with van der Waals surface area (Å²) in [5.41, 5.74) is 3.77. The molecule has 0 aliphatic heterocycles. The first kappa shape index (κ1) is 24.3. The van der Waals surface area contributed by atoms with Crippen LogP contribution in [0.25, 0.3) is 5.57 Å². The molecule has 1 saturated carbocycles. The number of rotatable bonds is 8. The largest absolute Gasteiger partial charge is 0.469 e. The Labute approximate surface area is 192 Å². The fraction of sp³-hybridized carbons (Fsp3) is 0.615. The molecule has 1 N–H and O–H groups in total. The molecule has 3 rings (SSSR count). The number of benzene rings is 1. The van der Waals surface area contributed by atoms with Gasteiger partial charge in [-0.1, -0.05) is 37.0 Å². The Morgan fingerprint density at radius 1 is 1.06 bits per heavy atom. The molecule has 2 aliphatic rings. The molecular formula is C26H38N2O4. The lowest BCUT2D eigenvalue weighted by Gasteiger charge is -2.36. The number of likely N-dealkylation sites (N-methyl/N-ethyl adjacent to an activating group) is 1. The topological polar surface area (TPSA) is 67.9 Å². The smallest absolute Gasteiger partial charge is 0.412 e. The van der Waals surface area contributed by atoms with Crippen molar-refractivity contribution >= 4 is 17.6 Å². The maximum Gasteiger partial charge on any atom is 0.412 e. The molecule has 0 atom stereocenters. The molecule has 2 aliphatic carbocycles. The molecule has 1 amide bonds. The number of ether oxygens (including phenoxy) is 2. The Hall–Kier alpha value is -2.34. The Balaban J connectivity index is 1.65. The first-order valence-electron chi connectivity index (χ1n) is 11.9. The summed E-state index contributed by atoms with van der Waals surface area (Å²) in [6, 6.07) is 7.85. The van der Waals surface area contributed by atoms with Gasteiger partial charge in [-0.2, -0.15) is 0 Å². The summed E-state index contributed by atoms with van der Waals surface area (Å²) in [5, 5.41) is 2.92. The van der Waals surface area contributed by atoms with E-state index in [9.17, 15) is 9.59 Å². The van der Waals surface area contributed by atoms with Crippen LogP contribution >= 0.6 is 0 Å². The number of amides is 1. The lowest BCUT2D eigenvalue weighted by Crippen LogP contribution is -2.41. The highest BCUT2D eigenvalue weighted by Crippen LogP contribution is 2.39. The van der Waals surface area contributed by atoms with Crippen molar-refractivity contribution in [3.63, 3.8) is 0 Å². The van der Waals surface area contributed by atoms with Crippen molar-refractivity contribution in [3.05, 3.63) is 35.4 Å². The standard InChI is InChI=1S/C26H38N2O4/c1-28(2)18-21-10-5-6-13-23(21)20-11-9-12-22(16-20)32-25(30)27-19-26(17-24(29)31-3)14-7-4-8-15-26/h9,11-12,16H,4-8,10,13-15,17-19H2,1-3H3,(H,27,30). The lowest BCUT2D eigenvalue weighted by molar-refractivity contribution is -0.144. The van der Waals surface area contributed by atoms with Crippen molar-refractivity contribution in [3.8, 4) is 5.75 Å². The molecular weight excluding hydrogens is 404 g/mol. The van der Waals surface area contributed by atoms with Crippen LogP contribution < -0.4 is 10.1 Å². The molecule has 0 heterocycles. The highest BCUT2D eigenvalue weighted by Gasteiger charge is 2.35. The van der Waals surface area contributed by atoms with Crippen molar-refractivity contribution in [1.82, 2.24) is 10.2 Å². The van der Waals surface area contributed by atoms with Gasteiger partial charge in [0.05, 0.1) is 13.5 Å². The number of carbonyl (C=O) groups excluding carboxylic acids is 2. The molecule has 1 aromatic rings. The van der Waals surface area contributed by atoms with Gasteiger partial charge in [0, 0.05) is 13.1 Å². The minimum atomic E-state index is -0.469. The Morgan fingerprint density at radius 2 is 1.81 bits per heavy atom. The number of carbonyl (C=O) groups is 2. The highest BCUT2D eigenvalue weighted by atomic mass is 16.6. The summed E-state index contributed by atoms with van der Waals surface area (Å²) in [7, 11) is 5.62. The van der Waals surface area contributed by atoms with E-state index in [1.54, 1.807) is 0 Å². The van der Waals surface area contributed by atoms with E-state index in [0.29, 0.717) is 18.7 Å². The van der Waals surface area contributed by atoms with Crippen molar-refractivity contribution in [2.24, 2.45) is 5.41 Å². The quantitative estimate of drug-likeness (QED) is 0.562. The van der Waals surface area contributed by atoms with Crippen LogP contribution in [0.1, 0.15) is 69.8 Å². The second kappa shape index (κ2) is 11.5. The third-order valence-corrected chi connectivity index (χ3v) is 6.75. The van der Waals surface area contributed by atoms with E-state index in [-0.39, 0.29) is 11.4 Å². The summed E-state index contributed by atoms with van der Waals surface area (Å²) >= 11 is 0. The average molecular weight is 443 g/mol. The first-order chi connectivity index (χ1) is 15.4. The van der Waals surface area contributed by atoms with Crippen molar-refractivity contribution < 1.29 is 19.1 Å². The van der Waals surface area contributed by atoms with Gasteiger partial charge >= 0.3 is 12.1 Å². The van der Waals surface area contributed by atoms with Crippen molar-refractivity contribution in [2.45, 2.75) is 64.2 Å². The maximum absolute atomic E-state index is 12.6. The molecule has 6 nitrogen and oxygen atoms in total. The van der Waals surface area contributed by atoms with Gasteiger partial charge in [0.15, 0.2) is 0 Å². The summed E-state index contributed by atoms with van der Waals surface area (Å²) in [4.78, 5) is 26.7.